The van der Waals surface area contributed by atoms with Crippen molar-refractivity contribution in [2.24, 2.45) is 0 Å². The van der Waals surface area contributed by atoms with E-state index in [-0.39, 0.29) is 5.91 Å². The van der Waals surface area contributed by atoms with Gasteiger partial charge >= 0.3 is 0 Å². The molecule has 0 spiro atoms. The molecule has 0 unspecified atom stereocenters. The molecular formula is C18H24N4O. The van der Waals surface area contributed by atoms with Crippen molar-refractivity contribution < 1.29 is 4.79 Å². The second-order valence-electron chi connectivity index (χ2n) is 5.71. The van der Waals surface area contributed by atoms with E-state index in [1.807, 2.05) is 32.0 Å². The molecule has 122 valence electrons. The minimum Gasteiger partial charge on any atom is -0.369 e. The van der Waals surface area contributed by atoms with Gasteiger partial charge in [-0.2, -0.15) is 0 Å². The van der Waals surface area contributed by atoms with Crippen LogP contribution in [0.25, 0.3) is 0 Å². The largest absolute Gasteiger partial charge is 0.369 e. The fourth-order valence-electron chi connectivity index (χ4n) is 2.28. The maximum Gasteiger partial charge on any atom is 0.276 e. The molecule has 0 atom stereocenters. The molecule has 2 aromatic rings. The van der Waals surface area contributed by atoms with E-state index in [4.69, 9.17) is 0 Å². The number of rotatable bonds is 7. The fraction of sp³-hybridized carbons (Fsp3) is 0.389. The number of aromatic nitrogens is 2. The Morgan fingerprint density at radius 1 is 1.09 bits per heavy atom. The van der Waals surface area contributed by atoms with Crippen molar-refractivity contribution in [3.05, 3.63) is 47.2 Å². The Kier molecular flexibility index (Phi) is 6.09. The monoisotopic (exact) mass is 312 g/mol. The van der Waals surface area contributed by atoms with Crippen LogP contribution in [0.1, 0.15) is 47.8 Å². The van der Waals surface area contributed by atoms with Gasteiger partial charge in [-0.3, -0.25) is 4.79 Å². The predicted molar refractivity (Wildman–Crippen MR) is 93.9 cm³/mol. The normalized spacial score (nSPS) is 10.4. The molecule has 0 bridgehead atoms. The number of hydrogen-bond donors (Lipinski definition) is 2. The summed E-state index contributed by atoms with van der Waals surface area (Å²) in [6.07, 6.45) is 3.48. The highest BCUT2D eigenvalue weighted by Gasteiger charge is 2.10. The molecule has 0 aliphatic heterocycles. The summed E-state index contributed by atoms with van der Waals surface area (Å²) >= 11 is 0. The average Bonchev–Trinajstić information content (AvgIpc) is 2.55. The van der Waals surface area contributed by atoms with E-state index in [0.29, 0.717) is 11.5 Å². The third kappa shape index (κ3) is 5.06. The molecule has 1 amide bonds. The lowest BCUT2D eigenvalue weighted by molar-refractivity contribution is 0.102. The fourth-order valence-corrected chi connectivity index (χ4v) is 2.28. The van der Waals surface area contributed by atoms with Gasteiger partial charge in [0.1, 0.15) is 5.82 Å². The van der Waals surface area contributed by atoms with Crippen molar-refractivity contribution in [3.63, 3.8) is 0 Å². The molecule has 2 rings (SSSR count). The zero-order chi connectivity index (χ0) is 16.7. The molecule has 1 aromatic carbocycles. The number of aryl methyl sites for hydroxylation is 2. The number of amides is 1. The third-order valence-corrected chi connectivity index (χ3v) is 3.61. The van der Waals surface area contributed by atoms with E-state index >= 15 is 0 Å². The maximum absolute atomic E-state index is 12.2. The molecule has 0 saturated carbocycles. The van der Waals surface area contributed by atoms with Crippen LogP contribution in [-0.2, 0) is 0 Å². The molecule has 0 fully saturated rings. The first-order valence-corrected chi connectivity index (χ1v) is 8.06. The molecule has 1 heterocycles. The summed E-state index contributed by atoms with van der Waals surface area (Å²) < 4.78 is 0. The van der Waals surface area contributed by atoms with Crippen LogP contribution in [0.2, 0.25) is 0 Å². The molecule has 0 aliphatic rings. The van der Waals surface area contributed by atoms with Gasteiger partial charge in [0.2, 0.25) is 0 Å². The Morgan fingerprint density at radius 3 is 2.57 bits per heavy atom. The van der Waals surface area contributed by atoms with Crippen LogP contribution in [0.15, 0.2) is 30.3 Å². The average molecular weight is 312 g/mol. The summed E-state index contributed by atoms with van der Waals surface area (Å²) in [7, 11) is 0. The van der Waals surface area contributed by atoms with Gasteiger partial charge in [-0.05, 0) is 44.0 Å². The quantitative estimate of drug-likeness (QED) is 0.760. The van der Waals surface area contributed by atoms with E-state index < -0.39 is 0 Å². The summed E-state index contributed by atoms with van der Waals surface area (Å²) in [5, 5.41) is 14.1. The lowest BCUT2D eigenvalue weighted by Crippen LogP contribution is -2.15. The Balaban J connectivity index is 1.94. The van der Waals surface area contributed by atoms with Crippen molar-refractivity contribution in [1.29, 1.82) is 0 Å². The number of unbranched alkanes of at least 4 members (excludes halogenated alkanes) is 2. The number of hydrogen-bond acceptors (Lipinski definition) is 4. The van der Waals surface area contributed by atoms with Gasteiger partial charge in [-0.1, -0.05) is 37.5 Å². The number of nitrogens with zero attached hydrogens (tertiary/aromatic N) is 2. The van der Waals surface area contributed by atoms with E-state index in [1.54, 1.807) is 12.1 Å². The minimum absolute atomic E-state index is 0.248. The Labute approximate surface area is 137 Å². The molecule has 0 radical (unpaired) electrons. The highest BCUT2D eigenvalue weighted by atomic mass is 16.1. The lowest BCUT2D eigenvalue weighted by Gasteiger charge is -2.09. The smallest absolute Gasteiger partial charge is 0.276 e. The van der Waals surface area contributed by atoms with E-state index in [1.165, 1.54) is 18.4 Å². The van der Waals surface area contributed by atoms with Gasteiger partial charge in [0.15, 0.2) is 5.69 Å². The first kappa shape index (κ1) is 16.9. The molecule has 2 N–H and O–H groups in total. The van der Waals surface area contributed by atoms with Crippen molar-refractivity contribution in [3.8, 4) is 0 Å². The number of carbonyl (C=O) groups excluding carboxylic acids is 1. The molecule has 23 heavy (non-hydrogen) atoms. The summed E-state index contributed by atoms with van der Waals surface area (Å²) in [5.41, 5.74) is 3.30. The van der Waals surface area contributed by atoms with Crippen LogP contribution >= 0.6 is 0 Å². The molecule has 0 aliphatic carbocycles. The molecule has 5 heteroatoms. The standard InChI is InChI=1S/C18H24N4O/c1-4-5-6-11-19-17-10-9-16(21-22-17)18(23)20-15-8-7-13(2)12-14(15)3/h7-10,12H,4-6,11H2,1-3H3,(H,19,22)(H,20,23). The van der Waals surface area contributed by atoms with Crippen LogP contribution in [-0.4, -0.2) is 22.6 Å². The van der Waals surface area contributed by atoms with E-state index in [9.17, 15) is 4.79 Å². The summed E-state index contributed by atoms with van der Waals surface area (Å²) in [6, 6.07) is 9.38. The number of carbonyl (C=O) groups is 1. The number of benzene rings is 1. The predicted octanol–water partition coefficient (Wildman–Crippen LogP) is 3.95. The maximum atomic E-state index is 12.2. The van der Waals surface area contributed by atoms with Crippen LogP contribution in [0.3, 0.4) is 0 Å². The second kappa shape index (κ2) is 8.27. The van der Waals surface area contributed by atoms with Gasteiger partial charge in [-0.15, -0.1) is 10.2 Å². The summed E-state index contributed by atoms with van der Waals surface area (Å²) in [5.74, 6) is 0.450. The second-order valence-corrected chi connectivity index (χ2v) is 5.71. The Bertz CT molecular complexity index is 653. The summed E-state index contributed by atoms with van der Waals surface area (Å²) in [6.45, 7) is 7.04. The SMILES string of the molecule is CCCCCNc1ccc(C(=O)Nc2ccc(C)cc2C)nn1. The highest BCUT2D eigenvalue weighted by molar-refractivity contribution is 6.03. The van der Waals surface area contributed by atoms with Gasteiger partial charge < -0.3 is 10.6 Å². The summed E-state index contributed by atoms with van der Waals surface area (Å²) in [4.78, 5) is 12.2. The number of anilines is 2. The van der Waals surface area contributed by atoms with Gasteiger partial charge in [0, 0.05) is 12.2 Å². The van der Waals surface area contributed by atoms with E-state index in [2.05, 4.69) is 27.8 Å². The zero-order valence-corrected chi connectivity index (χ0v) is 14.0. The van der Waals surface area contributed by atoms with Crippen molar-refractivity contribution >= 4 is 17.4 Å². The minimum atomic E-state index is -0.248. The topological polar surface area (TPSA) is 66.9 Å². The van der Waals surface area contributed by atoms with Gasteiger partial charge in [-0.25, -0.2) is 0 Å². The zero-order valence-electron chi connectivity index (χ0n) is 14.0. The van der Waals surface area contributed by atoms with Crippen molar-refractivity contribution in [1.82, 2.24) is 10.2 Å². The lowest BCUT2D eigenvalue weighted by atomic mass is 10.1. The molecular weight excluding hydrogens is 288 g/mol. The Morgan fingerprint density at radius 2 is 1.91 bits per heavy atom. The van der Waals surface area contributed by atoms with Crippen LogP contribution in [0, 0.1) is 13.8 Å². The first-order valence-electron chi connectivity index (χ1n) is 8.06. The van der Waals surface area contributed by atoms with Crippen LogP contribution < -0.4 is 10.6 Å². The molecule has 0 saturated heterocycles. The first-order chi connectivity index (χ1) is 11.1. The number of nitrogens with one attached hydrogen (secondary N) is 2. The molecule has 1 aromatic heterocycles. The van der Waals surface area contributed by atoms with Gasteiger partial charge in [0.05, 0.1) is 0 Å². The van der Waals surface area contributed by atoms with Gasteiger partial charge in [0.25, 0.3) is 5.91 Å². The highest BCUT2D eigenvalue weighted by Crippen LogP contribution is 2.16. The van der Waals surface area contributed by atoms with E-state index in [0.717, 1.165) is 24.2 Å². The third-order valence-electron chi connectivity index (χ3n) is 3.61. The molecule has 5 nitrogen and oxygen atoms in total. The van der Waals surface area contributed by atoms with Crippen LogP contribution in [0.5, 0.6) is 0 Å². The van der Waals surface area contributed by atoms with Crippen LogP contribution in [0.4, 0.5) is 11.5 Å². The van der Waals surface area contributed by atoms with Crippen molar-refractivity contribution in [2.75, 3.05) is 17.2 Å². The van der Waals surface area contributed by atoms with Crippen molar-refractivity contribution in [2.45, 2.75) is 40.0 Å². The Hall–Kier alpha value is -2.43.